The van der Waals surface area contributed by atoms with Gasteiger partial charge in [0.25, 0.3) is 0 Å². The van der Waals surface area contributed by atoms with E-state index in [1.165, 1.54) is 0 Å². The molecule has 10 heavy (non-hydrogen) atoms. The van der Waals surface area contributed by atoms with E-state index >= 15 is 0 Å². The summed E-state index contributed by atoms with van der Waals surface area (Å²) < 4.78 is 15.7. The van der Waals surface area contributed by atoms with Crippen molar-refractivity contribution < 1.29 is 8.95 Å². The van der Waals surface area contributed by atoms with Crippen LogP contribution >= 0.6 is 0 Å². The highest BCUT2D eigenvalue weighted by Crippen LogP contribution is 2.13. The van der Waals surface area contributed by atoms with Crippen molar-refractivity contribution in [2.45, 2.75) is 12.8 Å². The van der Waals surface area contributed by atoms with Crippen molar-refractivity contribution in [3.63, 3.8) is 0 Å². The van der Waals surface area contributed by atoms with Gasteiger partial charge in [0, 0.05) is 12.4 Å². The summed E-state index contributed by atoms with van der Waals surface area (Å²) in [5.74, 6) is 1.03. The molecule has 1 rings (SSSR count). The first kappa shape index (κ1) is 8.17. The molecular formula is C6H13NO2S. The van der Waals surface area contributed by atoms with Gasteiger partial charge in [-0.15, -0.1) is 0 Å². The van der Waals surface area contributed by atoms with Gasteiger partial charge >= 0.3 is 0 Å². The maximum Gasteiger partial charge on any atom is 0.0891 e. The van der Waals surface area contributed by atoms with Crippen LogP contribution in [-0.2, 0) is 15.7 Å². The molecule has 2 N–H and O–H groups in total. The van der Waals surface area contributed by atoms with Gasteiger partial charge < -0.3 is 4.74 Å². The molecule has 3 nitrogen and oxygen atoms in total. The van der Waals surface area contributed by atoms with Crippen LogP contribution in [-0.4, -0.2) is 23.2 Å². The lowest BCUT2D eigenvalue weighted by Crippen LogP contribution is -2.25. The molecule has 1 aliphatic rings. The molecule has 1 saturated heterocycles. The van der Waals surface area contributed by atoms with Crippen LogP contribution in [0.3, 0.4) is 0 Å². The topological polar surface area (TPSA) is 52.3 Å². The average molecular weight is 163 g/mol. The number of hydrogen-bond acceptors (Lipinski definition) is 2. The number of nitrogens with two attached hydrogens (primary N) is 1. The highest BCUT2D eigenvalue weighted by molar-refractivity contribution is 7.82. The van der Waals surface area contributed by atoms with Crippen LogP contribution in [0.1, 0.15) is 12.8 Å². The van der Waals surface area contributed by atoms with Crippen molar-refractivity contribution in [3.05, 3.63) is 0 Å². The molecule has 0 aromatic rings. The zero-order valence-corrected chi connectivity index (χ0v) is 6.73. The second-order valence-corrected chi connectivity index (χ2v) is 3.73. The maximum absolute atomic E-state index is 10.5. The average Bonchev–Trinajstić information content (AvgIpc) is 1.88. The largest absolute Gasteiger partial charge is 0.381 e. The molecule has 4 heteroatoms. The second-order valence-electron chi connectivity index (χ2n) is 2.63. The quantitative estimate of drug-likeness (QED) is 0.624. The summed E-state index contributed by atoms with van der Waals surface area (Å²) in [6.45, 7) is 1.59. The van der Waals surface area contributed by atoms with E-state index in [0.717, 1.165) is 26.1 Å². The third kappa shape index (κ3) is 2.77. The predicted molar refractivity (Wildman–Crippen MR) is 40.7 cm³/mol. The Kier molecular flexibility index (Phi) is 3.31. The summed E-state index contributed by atoms with van der Waals surface area (Å²) in [4.78, 5) is 0. The molecule has 2 atom stereocenters. The molecule has 1 aliphatic heterocycles. The molecule has 0 aromatic carbocycles. The molecule has 0 saturated carbocycles. The van der Waals surface area contributed by atoms with E-state index in [1.54, 1.807) is 0 Å². The van der Waals surface area contributed by atoms with Crippen LogP contribution < -0.4 is 5.14 Å². The number of rotatable bonds is 2. The Balaban J connectivity index is 2.19. The third-order valence-electron chi connectivity index (χ3n) is 1.65. The highest BCUT2D eigenvalue weighted by atomic mass is 32.2. The van der Waals surface area contributed by atoms with Crippen molar-refractivity contribution >= 4 is 11.0 Å². The number of ether oxygens (including phenoxy) is 1. The summed E-state index contributed by atoms with van der Waals surface area (Å²) in [6.07, 6.45) is 2.20. The highest BCUT2D eigenvalue weighted by Gasteiger charge is 2.14. The van der Waals surface area contributed by atoms with E-state index < -0.39 is 11.0 Å². The van der Waals surface area contributed by atoms with Gasteiger partial charge in [0.15, 0.2) is 0 Å². The van der Waals surface area contributed by atoms with Gasteiger partial charge in [-0.3, -0.25) is 5.14 Å². The summed E-state index contributed by atoms with van der Waals surface area (Å²) >= 11 is 0. The van der Waals surface area contributed by atoms with E-state index in [-0.39, 0.29) is 0 Å². The van der Waals surface area contributed by atoms with Crippen LogP contribution in [0.4, 0.5) is 0 Å². The van der Waals surface area contributed by atoms with Crippen molar-refractivity contribution in [2.24, 2.45) is 11.1 Å². The molecule has 1 unspecified atom stereocenters. The second kappa shape index (κ2) is 4.05. The van der Waals surface area contributed by atoms with Gasteiger partial charge in [-0.05, 0) is 18.8 Å². The molecule has 0 aromatic heterocycles. The van der Waals surface area contributed by atoms with Gasteiger partial charge in [-0.25, -0.2) is 4.21 Å². The monoisotopic (exact) mass is 163 g/mol. The summed E-state index contributed by atoms with van der Waals surface area (Å²) in [5, 5.41) is 5.14. The lowest BCUT2D eigenvalue weighted by molar-refractivity contribution is 0.0629. The van der Waals surface area contributed by atoms with E-state index in [2.05, 4.69) is 0 Å². The minimum absolute atomic E-state index is 0.430. The standard InChI is InChI=1S/C6H13NO2S/c7-10(8)5-6-2-1-3-9-4-6/h6H,1-5,7H2/t6?,10-/m1/s1. The smallest absolute Gasteiger partial charge is 0.0891 e. The Morgan fingerprint density at radius 1 is 1.70 bits per heavy atom. The van der Waals surface area contributed by atoms with Crippen molar-refractivity contribution in [2.75, 3.05) is 19.0 Å². The normalized spacial score (nSPS) is 29.9. The Morgan fingerprint density at radius 3 is 3.00 bits per heavy atom. The summed E-state index contributed by atoms with van der Waals surface area (Å²) in [6, 6.07) is 0. The zero-order chi connectivity index (χ0) is 7.40. The van der Waals surface area contributed by atoms with Crippen LogP contribution in [0.5, 0.6) is 0 Å². The molecule has 1 heterocycles. The Labute approximate surface area is 63.5 Å². The minimum atomic E-state index is -1.14. The van der Waals surface area contributed by atoms with Gasteiger partial charge in [0.2, 0.25) is 0 Å². The Hall–Kier alpha value is 0.0700. The van der Waals surface area contributed by atoms with E-state index in [1.807, 2.05) is 0 Å². The van der Waals surface area contributed by atoms with Crippen LogP contribution in [0.25, 0.3) is 0 Å². The molecule has 1 fully saturated rings. The molecule has 0 spiro atoms. The first-order valence-electron chi connectivity index (χ1n) is 3.49. The van der Waals surface area contributed by atoms with E-state index in [4.69, 9.17) is 9.88 Å². The fraction of sp³-hybridized carbons (Fsp3) is 1.00. The van der Waals surface area contributed by atoms with Gasteiger partial charge in [-0.2, -0.15) is 0 Å². The van der Waals surface area contributed by atoms with Crippen molar-refractivity contribution in [1.82, 2.24) is 0 Å². The fourth-order valence-corrected chi connectivity index (χ4v) is 1.90. The predicted octanol–water partition coefficient (Wildman–Crippen LogP) is 0.0354. The van der Waals surface area contributed by atoms with Gasteiger partial charge in [0.1, 0.15) is 0 Å². The van der Waals surface area contributed by atoms with Crippen LogP contribution in [0.15, 0.2) is 0 Å². The minimum Gasteiger partial charge on any atom is -0.381 e. The van der Waals surface area contributed by atoms with Crippen molar-refractivity contribution in [3.8, 4) is 0 Å². The third-order valence-corrected chi connectivity index (χ3v) is 2.45. The Morgan fingerprint density at radius 2 is 2.50 bits per heavy atom. The first-order chi connectivity index (χ1) is 4.79. The van der Waals surface area contributed by atoms with Crippen LogP contribution in [0.2, 0.25) is 0 Å². The molecule has 60 valence electrons. The molecule has 0 aliphatic carbocycles. The molecule has 0 bridgehead atoms. The lowest BCUT2D eigenvalue weighted by Gasteiger charge is -2.20. The first-order valence-corrected chi connectivity index (χ1v) is 4.88. The Bertz CT molecular complexity index is 123. The maximum atomic E-state index is 10.5. The SMILES string of the molecule is N[S@](=O)CC1CCCOC1. The summed E-state index contributed by atoms with van der Waals surface area (Å²) in [7, 11) is -1.14. The number of hydrogen-bond donors (Lipinski definition) is 1. The van der Waals surface area contributed by atoms with Crippen molar-refractivity contribution in [1.29, 1.82) is 0 Å². The molecular weight excluding hydrogens is 150 g/mol. The van der Waals surface area contributed by atoms with E-state index in [0.29, 0.717) is 11.7 Å². The van der Waals surface area contributed by atoms with E-state index in [9.17, 15) is 4.21 Å². The lowest BCUT2D eigenvalue weighted by atomic mass is 10.1. The zero-order valence-electron chi connectivity index (χ0n) is 5.91. The van der Waals surface area contributed by atoms with Gasteiger partial charge in [-0.1, -0.05) is 0 Å². The van der Waals surface area contributed by atoms with Gasteiger partial charge in [0.05, 0.1) is 17.6 Å². The van der Waals surface area contributed by atoms with Crippen LogP contribution in [0, 0.1) is 5.92 Å². The molecule has 0 radical (unpaired) electrons. The molecule has 0 amide bonds. The fourth-order valence-electron chi connectivity index (χ4n) is 1.17. The summed E-state index contributed by atoms with van der Waals surface area (Å²) in [5.41, 5.74) is 0.